The molecule has 0 amide bonds. The Morgan fingerprint density at radius 3 is 2.93 bits per heavy atom. The van der Waals surface area contributed by atoms with Crippen LogP contribution in [0.3, 0.4) is 0 Å². The van der Waals surface area contributed by atoms with Crippen LogP contribution in [0.2, 0.25) is 0 Å². The highest BCUT2D eigenvalue weighted by Gasteiger charge is 2.16. The number of fused-ring (bicyclic) bond motifs is 3. The quantitative estimate of drug-likeness (QED) is 0.248. The molecule has 8 heteroatoms. The van der Waals surface area contributed by atoms with Gasteiger partial charge in [-0.2, -0.15) is 5.10 Å². The Hall–Kier alpha value is -3.78. The van der Waals surface area contributed by atoms with Gasteiger partial charge in [0.15, 0.2) is 5.69 Å². The normalized spacial score (nSPS) is 11.2. The number of hydrogen-bond donors (Lipinski definition) is 0. The first-order chi connectivity index (χ1) is 14.6. The van der Waals surface area contributed by atoms with Gasteiger partial charge in [-0.25, -0.2) is 14.6 Å². The van der Waals surface area contributed by atoms with Crippen LogP contribution in [-0.2, 0) is 18.4 Å². The lowest BCUT2D eigenvalue weighted by Gasteiger charge is -2.09. The fourth-order valence-electron chi connectivity index (χ4n) is 3.38. The molecule has 0 saturated heterocycles. The van der Waals surface area contributed by atoms with Gasteiger partial charge in [-0.15, -0.1) is 11.3 Å². The van der Waals surface area contributed by atoms with E-state index in [-0.39, 0.29) is 12.3 Å². The Morgan fingerprint density at radius 2 is 2.10 bits per heavy atom. The molecule has 30 heavy (non-hydrogen) atoms. The first-order valence-corrected chi connectivity index (χ1v) is 10.0. The lowest BCUT2D eigenvalue weighted by atomic mass is 10.0. The summed E-state index contributed by atoms with van der Waals surface area (Å²) in [6.07, 6.45) is 3.52. The second kappa shape index (κ2) is 7.23. The zero-order valence-corrected chi connectivity index (χ0v) is 16.7. The van der Waals surface area contributed by atoms with Crippen molar-refractivity contribution in [1.82, 2.24) is 14.8 Å². The summed E-state index contributed by atoms with van der Waals surface area (Å²) in [6.45, 7) is -0.0608. The lowest BCUT2D eigenvalue weighted by molar-refractivity contribution is 0.0468. The maximum atomic E-state index is 12.6. The van der Waals surface area contributed by atoms with Gasteiger partial charge >= 0.3 is 11.6 Å². The standard InChI is InChI=1S/C22H15N3O4S/c1-25-10-15(9-23-25)21-24-17(12-30-21)22(27)28-11-14-8-19(26)29-18-7-6-13-4-2-3-5-16(13)20(14)18/h2-10,12H,11H2,1H3. The van der Waals surface area contributed by atoms with Gasteiger partial charge in [0.2, 0.25) is 0 Å². The van der Waals surface area contributed by atoms with E-state index in [4.69, 9.17) is 9.15 Å². The molecule has 2 aromatic carbocycles. The zero-order chi connectivity index (χ0) is 20.7. The Morgan fingerprint density at radius 1 is 1.23 bits per heavy atom. The van der Waals surface area contributed by atoms with E-state index in [1.807, 2.05) is 43.6 Å². The van der Waals surface area contributed by atoms with E-state index < -0.39 is 11.6 Å². The van der Waals surface area contributed by atoms with Crippen LogP contribution in [0.15, 0.2) is 69.5 Å². The van der Waals surface area contributed by atoms with Crippen LogP contribution >= 0.6 is 11.3 Å². The smallest absolute Gasteiger partial charge is 0.358 e. The van der Waals surface area contributed by atoms with E-state index in [0.717, 1.165) is 21.7 Å². The number of hydrogen-bond acceptors (Lipinski definition) is 7. The SMILES string of the molecule is Cn1cc(-c2nc(C(=O)OCc3cc(=O)oc4ccc5ccccc5c34)cs2)cn1. The van der Waals surface area contributed by atoms with Crippen molar-refractivity contribution in [2.75, 3.05) is 0 Å². The van der Waals surface area contributed by atoms with Crippen molar-refractivity contribution in [3.63, 3.8) is 0 Å². The number of carbonyl (C=O) groups is 1. The molecule has 5 aromatic rings. The van der Waals surface area contributed by atoms with Crippen LogP contribution in [0.5, 0.6) is 0 Å². The van der Waals surface area contributed by atoms with Crippen LogP contribution in [0.1, 0.15) is 16.1 Å². The van der Waals surface area contributed by atoms with E-state index in [2.05, 4.69) is 10.1 Å². The first-order valence-electron chi connectivity index (χ1n) is 9.14. The van der Waals surface area contributed by atoms with Crippen LogP contribution in [0.4, 0.5) is 0 Å². The van der Waals surface area contributed by atoms with Gasteiger partial charge in [0.25, 0.3) is 0 Å². The number of nitrogens with zero attached hydrogens (tertiary/aromatic N) is 3. The van der Waals surface area contributed by atoms with Crippen molar-refractivity contribution in [2.45, 2.75) is 6.61 Å². The second-order valence-corrected chi connectivity index (χ2v) is 7.63. The Balaban J connectivity index is 1.45. The molecule has 5 rings (SSSR count). The molecular weight excluding hydrogens is 402 g/mol. The van der Waals surface area contributed by atoms with Gasteiger partial charge in [0, 0.05) is 41.2 Å². The molecular formula is C22H15N3O4S. The summed E-state index contributed by atoms with van der Waals surface area (Å²) in [6, 6.07) is 12.8. The monoisotopic (exact) mass is 417 g/mol. The molecule has 0 N–H and O–H groups in total. The van der Waals surface area contributed by atoms with Crippen molar-refractivity contribution in [1.29, 1.82) is 0 Å². The molecule has 0 aliphatic heterocycles. The molecule has 0 aliphatic carbocycles. The molecule has 0 unspecified atom stereocenters. The number of esters is 1. The summed E-state index contributed by atoms with van der Waals surface area (Å²) in [4.78, 5) is 28.9. The minimum absolute atomic E-state index is 0.0608. The van der Waals surface area contributed by atoms with Gasteiger partial charge in [-0.1, -0.05) is 30.3 Å². The van der Waals surface area contributed by atoms with Crippen LogP contribution in [0.25, 0.3) is 32.3 Å². The summed E-state index contributed by atoms with van der Waals surface area (Å²) in [5.41, 5.74) is 1.61. The van der Waals surface area contributed by atoms with E-state index in [0.29, 0.717) is 16.2 Å². The molecule has 0 radical (unpaired) electrons. The number of ether oxygens (including phenoxy) is 1. The average Bonchev–Trinajstić information content (AvgIpc) is 3.40. The molecule has 0 saturated carbocycles. The number of rotatable bonds is 4. The first kappa shape index (κ1) is 18.3. The third-order valence-corrected chi connectivity index (χ3v) is 5.63. The highest BCUT2D eigenvalue weighted by molar-refractivity contribution is 7.13. The maximum Gasteiger partial charge on any atom is 0.358 e. The number of aryl methyl sites for hydroxylation is 1. The largest absolute Gasteiger partial charge is 0.456 e. The number of aromatic nitrogens is 3. The van der Waals surface area contributed by atoms with Crippen LogP contribution in [-0.4, -0.2) is 20.7 Å². The average molecular weight is 417 g/mol. The Labute approximate surface area is 174 Å². The summed E-state index contributed by atoms with van der Waals surface area (Å²) in [5, 5.41) is 9.14. The minimum atomic E-state index is -0.553. The van der Waals surface area contributed by atoms with Crippen LogP contribution in [0, 0.1) is 0 Å². The van der Waals surface area contributed by atoms with Gasteiger partial charge < -0.3 is 9.15 Å². The van der Waals surface area contributed by atoms with E-state index >= 15 is 0 Å². The Bertz CT molecular complexity index is 1460. The zero-order valence-electron chi connectivity index (χ0n) is 15.9. The van der Waals surface area contributed by atoms with Crippen molar-refractivity contribution in [2.24, 2.45) is 7.05 Å². The van der Waals surface area contributed by atoms with Crippen molar-refractivity contribution < 1.29 is 13.9 Å². The van der Waals surface area contributed by atoms with E-state index in [1.165, 1.54) is 17.4 Å². The van der Waals surface area contributed by atoms with Gasteiger partial charge in [-0.3, -0.25) is 4.68 Å². The maximum absolute atomic E-state index is 12.6. The van der Waals surface area contributed by atoms with Gasteiger partial charge in [0.1, 0.15) is 17.2 Å². The Kier molecular flexibility index (Phi) is 4.40. The van der Waals surface area contributed by atoms with Gasteiger partial charge in [0.05, 0.1) is 6.20 Å². The number of benzene rings is 2. The molecule has 0 fully saturated rings. The van der Waals surface area contributed by atoms with E-state index in [9.17, 15) is 9.59 Å². The predicted octanol–water partition coefficient (Wildman–Crippen LogP) is 4.16. The fraction of sp³-hybridized carbons (Fsp3) is 0.0909. The highest BCUT2D eigenvalue weighted by atomic mass is 32.1. The summed E-state index contributed by atoms with van der Waals surface area (Å²) >= 11 is 1.34. The van der Waals surface area contributed by atoms with Crippen molar-refractivity contribution in [3.8, 4) is 10.6 Å². The molecule has 0 atom stereocenters. The summed E-state index contributed by atoms with van der Waals surface area (Å²) in [7, 11) is 1.82. The molecule has 0 aliphatic rings. The third kappa shape index (κ3) is 3.27. The van der Waals surface area contributed by atoms with Crippen LogP contribution < -0.4 is 5.63 Å². The van der Waals surface area contributed by atoms with Crippen molar-refractivity contribution in [3.05, 3.63) is 81.9 Å². The molecule has 3 aromatic heterocycles. The molecule has 7 nitrogen and oxygen atoms in total. The topological polar surface area (TPSA) is 87.2 Å². The molecule has 3 heterocycles. The van der Waals surface area contributed by atoms with Gasteiger partial charge in [-0.05, 0) is 16.8 Å². The third-order valence-electron chi connectivity index (χ3n) is 4.74. The molecule has 148 valence electrons. The summed E-state index contributed by atoms with van der Waals surface area (Å²) < 4.78 is 12.5. The highest BCUT2D eigenvalue weighted by Crippen LogP contribution is 2.28. The van der Waals surface area contributed by atoms with E-state index in [1.54, 1.807) is 22.3 Å². The fourth-order valence-corrected chi connectivity index (χ4v) is 4.15. The number of thiazole rings is 1. The summed E-state index contributed by atoms with van der Waals surface area (Å²) in [5.74, 6) is -0.553. The van der Waals surface area contributed by atoms with Crippen molar-refractivity contribution >= 4 is 39.0 Å². The molecule has 0 spiro atoms. The molecule has 0 bridgehead atoms. The minimum Gasteiger partial charge on any atom is -0.456 e. The second-order valence-electron chi connectivity index (χ2n) is 6.77. The number of carbonyl (C=O) groups excluding carboxylic acids is 1. The predicted molar refractivity (Wildman–Crippen MR) is 113 cm³/mol. The lowest BCUT2D eigenvalue weighted by Crippen LogP contribution is -2.08.